The Morgan fingerprint density at radius 3 is 2.49 bits per heavy atom. The number of nitrogens with one attached hydrogen (secondary N) is 2. The average Bonchev–Trinajstić information content (AvgIpc) is 3.85. The van der Waals surface area contributed by atoms with Crippen LogP contribution >= 0.6 is 0 Å². The number of carbonyl (C=O) groups excluding carboxylic acids is 2. The number of anilines is 1. The molecule has 0 radical (unpaired) electrons. The van der Waals surface area contributed by atoms with Gasteiger partial charge in [-0.1, -0.05) is 5.16 Å². The van der Waals surface area contributed by atoms with E-state index >= 15 is 4.39 Å². The number of amides is 2. The predicted molar refractivity (Wildman–Crippen MR) is 131 cm³/mol. The van der Waals surface area contributed by atoms with Crippen LogP contribution in [0.4, 0.5) is 14.5 Å². The van der Waals surface area contributed by atoms with E-state index in [1.54, 1.807) is 6.92 Å². The molecule has 2 N–H and O–H groups in total. The highest BCUT2D eigenvalue weighted by molar-refractivity contribution is 6.01. The van der Waals surface area contributed by atoms with Gasteiger partial charge in [-0.3, -0.25) is 14.3 Å². The minimum absolute atomic E-state index is 0.00873. The van der Waals surface area contributed by atoms with Crippen LogP contribution < -0.4 is 15.4 Å². The molecule has 5 rings (SSSR count). The van der Waals surface area contributed by atoms with Gasteiger partial charge >= 0.3 is 0 Å². The lowest BCUT2D eigenvalue weighted by molar-refractivity contribution is -0.119. The second kappa shape index (κ2) is 11.0. The topological polar surface area (TPSA) is 146 Å². The number of aromatic nitrogens is 5. The van der Waals surface area contributed by atoms with E-state index in [0.717, 1.165) is 31.9 Å². The van der Waals surface area contributed by atoms with Crippen molar-refractivity contribution in [3.63, 3.8) is 0 Å². The van der Waals surface area contributed by atoms with E-state index in [2.05, 4.69) is 35.7 Å². The van der Waals surface area contributed by atoms with Crippen LogP contribution in [-0.4, -0.2) is 63.8 Å². The number of aryl methyl sites for hydroxylation is 1. The van der Waals surface area contributed by atoms with Crippen molar-refractivity contribution in [1.29, 1.82) is 0 Å². The van der Waals surface area contributed by atoms with Crippen molar-refractivity contribution in [3.8, 4) is 5.88 Å². The summed E-state index contributed by atoms with van der Waals surface area (Å²) in [6.45, 7) is 1.56. The lowest BCUT2D eigenvalue weighted by Gasteiger charge is -2.27. The molecule has 1 unspecified atom stereocenters. The van der Waals surface area contributed by atoms with Gasteiger partial charge in [-0.25, -0.2) is 14.0 Å². The largest absolute Gasteiger partial charge is 0.481 e. The van der Waals surface area contributed by atoms with E-state index in [1.165, 1.54) is 31.2 Å². The molecule has 2 saturated carbocycles. The number of methoxy groups -OCH3 is 2. The Kier molecular flexibility index (Phi) is 7.55. The molecule has 3 aromatic rings. The van der Waals surface area contributed by atoms with Crippen LogP contribution in [0.2, 0.25) is 0 Å². The van der Waals surface area contributed by atoms with Crippen LogP contribution in [0.25, 0.3) is 0 Å². The van der Waals surface area contributed by atoms with Crippen molar-refractivity contribution in [2.75, 3.05) is 26.1 Å². The van der Waals surface area contributed by atoms with Crippen LogP contribution in [0, 0.1) is 36.4 Å². The predicted octanol–water partition coefficient (Wildman–Crippen LogP) is 2.67. The first-order valence-electron chi connectivity index (χ1n) is 12.6. The zero-order chi connectivity index (χ0) is 27.7. The number of nitrogens with zero attached hydrogens (tertiary/aromatic N) is 5. The van der Waals surface area contributed by atoms with Gasteiger partial charge < -0.3 is 20.1 Å². The Labute approximate surface area is 222 Å². The molecule has 2 atom stereocenters. The van der Waals surface area contributed by atoms with Gasteiger partial charge in [0.1, 0.15) is 29.3 Å². The molecule has 14 heteroatoms. The number of hydrogen-bond donors (Lipinski definition) is 2. The minimum Gasteiger partial charge on any atom is -0.481 e. The molecule has 2 fully saturated rings. The van der Waals surface area contributed by atoms with E-state index in [4.69, 9.17) is 9.47 Å². The summed E-state index contributed by atoms with van der Waals surface area (Å²) in [5, 5.41) is 16.6. The molecule has 2 aliphatic rings. The summed E-state index contributed by atoms with van der Waals surface area (Å²) in [6.07, 6.45) is 6.12. The van der Waals surface area contributed by atoms with E-state index < -0.39 is 35.7 Å². The van der Waals surface area contributed by atoms with Gasteiger partial charge in [-0.2, -0.15) is 4.39 Å². The molecule has 0 bridgehead atoms. The number of rotatable bonds is 12. The second-order valence-electron chi connectivity index (χ2n) is 9.93. The van der Waals surface area contributed by atoms with Crippen molar-refractivity contribution in [1.82, 2.24) is 30.4 Å². The van der Waals surface area contributed by atoms with Gasteiger partial charge in [0.05, 0.1) is 26.1 Å². The lowest BCUT2D eigenvalue weighted by Crippen LogP contribution is -2.50. The average molecular weight is 546 g/mol. The molecule has 0 aromatic carbocycles. The second-order valence-corrected chi connectivity index (χ2v) is 9.93. The molecule has 0 saturated heterocycles. The molecule has 2 amide bonds. The van der Waals surface area contributed by atoms with Gasteiger partial charge in [0.15, 0.2) is 5.69 Å². The molecule has 39 heavy (non-hydrogen) atoms. The zero-order valence-corrected chi connectivity index (χ0v) is 21.7. The Morgan fingerprint density at radius 2 is 1.90 bits per heavy atom. The number of carbonyl (C=O) groups is 2. The molecule has 208 valence electrons. The summed E-state index contributed by atoms with van der Waals surface area (Å²) in [6, 6.07) is -0.536. The van der Waals surface area contributed by atoms with Crippen molar-refractivity contribution in [2.45, 2.75) is 44.7 Å². The molecule has 12 nitrogen and oxygen atoms in total. The van der Waals surface area contributed by atoms with Gasteiger partial charge in [0.25, 0.3) is 11.9 Å². The Morgan fingerprint density at radius 1 is 1.18 bits per heavy atom. The third kappa shape index (κ3) is 5.75. The fourth-order valence-corrected chi connectivity index (χ4v) is 5.02. The van der Waals surface area contributed by atoms with Crippen LogP contribution in [0.15, 0.2) is 23.1 Å². The highest BCUT2D eigenvalue weighted by atomic mass is 19.1. The van der Waals surface area contributed by atoms with Crippen LogP contribution in [0.5, 0.6) is 5.88 Å². The molecule has 3 heterocycles. The maximum atomic E-state index is 15.1. The van der Waals surface area contributed by atoms with Crippen LogP contribution in [0.3, 0.4) is 0 Å². The summed E-state index contributed by atoms with van der Waals surface area (Å²) >= 11 is 0. The Hall–Kier alpha value is -3.94. The van der Waals surface area contributed by atoms with Crippen molar-refractivity contribution in [3.05, 3.63) is 47.2 Å². The van der Waals surface area contributed by atoms with Crippen LogP contribution in [0.1, 0.15) is 53.5 Å². The van der Waals surface area contributed by atoms with E-state index in [9.17, 15) is 14.0 Å². The SMILES string of the molecule is COCC(c1cc(F)cnc1OC)n1cc(NC(=O)[C@@H](NC(=O)c2nonc2C)C(C2CC2)C2CC2)c(F)n1. The Balaban J connectivity index is 1.41. The first-order chi connectivity index (χ1) is 18.8. The number of pyridine rings is 1. The molecule has 2 aliphatic carbocycles. The fraction of sp³-hybridized carbons (Fsp3) is 0.520. The highest BCUT2D eigenvalue weighted by Crippen LogP contribution is 2.51. The molecular formula is C25H29F2N7O5. The summed E-state index contributed by atoms with van der Waals surface area (Å²) in [5.41, 5.74) is 0.356. The van der Waals surface area contributed by atoms with E-state index in [0.29, 0.717) is 5.69 Å². The standard InChI is InChI=1S/C25H29F2N7O5/c1-12-20(33-39-32-12)23(35)30-21(19(13-4-5-13)14-6-7-14)24(36)29-17-10-34(31-22(17)27)18(11-37-2)16-8-15(26)9-28-25(16)38-3/h8-10,13-14,18-19,21H,4-7,11H2,1-3H3,(H,29,36)(H,30,35)/t18?,21-/m0/s1. The fourth-order valence-electron chi connectivity index (χ4n) is 5.02. The maximum Gasteiger partial charge on any atom is 0.276 e. The summed E-state index contributed by atoms with van der Waals surface area (Å²) in [4.78, 5) is 30.5. The number of hydrogen-bond acceptors (Lipinski definition) is 9. The van der Waals surface area contributed by atoms with E-state index in [-0.39, 0.29) is 47.2 Å². The van der Waals surface area contributed by atoms with Gasteiger partial charge in [0, 0.05) is 12.7 Å². The van der Waals surface area contributed by atoms with Gasteiger partial charge in [0.2, 0.25) is 11.8 Å². The monoisotopic (exact) mass is 545 g/mol. The summed E-state index contributed by atoms with van der Waals surface area (Å²) in [5.74, 6) is -2.14. The Bertz CT molecular complexity index is 1340. The summed E-state index contributed by atoms with van der Waals surface area (Å²) in [7, 11) is 2.81. The normalized spacial score (nSPS) is 16.7. The van der Waals surface area contributed by atoms with Gasteiger partial charge in [-0.05, 0) is 61.6 Å². The minimum atomic E-state index is -0.955. The quantitative estimate of drug-likeness (QED) is 0.351. The number of ether oxygens (including phenoxy) is 2. The zero-order valence-electron chi connectivity index (χ0n) is 21.7. The molecule has 3 aromatic heterocycles. The molecule has 0 aliphatic heterocycles. The molecule has 0 spiro atoms. The van der Waals surface area contributed by atoms with Crippen molar-refractivity contribution in [2.24, 2.45) is 17.8 Å². The van der Waals surface area contributed by atoms with E-state index in [1.807, 2.05) is 0 Å². The van der Waals surface area contributed by atoms with Crippen molar-refractivity contribution < 1.29 is 32.5 Å². The first-order valence-corrected chi connectivity index (χ1v) is 12.6. The first kappa shape index (κ1) is 26.7. The maximum absolute atomic E-state index is 15.1. The van der Waals surface area contributed by atoms with Crippen LogP contribution in [-0.2, 0) is 9.53 Å². The summed E-state index contributed by atoms with van der Waals surface area (Å²) < 4.78 is 45.5. The third-order valence-corrected chi connectivity index (χ3v) is 7.14. The third-order valence-electron chi connectivity index (χ3n) is 7.14. The lowest BCUT2D eigenvalue weighted by atomic mass is 9.88. The van der Waals surface area contributed by atoms with Crippen molar-refractivity contribution >= 4 is 17.5 Å². The molecular weight excluding hydrogens is 516 g/mol. The highest BCUT2D eigenvalue weighted by Gasteiger charge is 2.48. The number of halogens is 2. The smallest absolute Gasteiger partial charge is 0.276 e. The van der Waals surface area contributed by atoms with Gasteiger partial charge in [-0.15, -0.1) is 5.10 Å².